The van der Waals surface area contributed by atoms with Crippen LogP contribution in [0.1, 0.15) is 0 Å². The molecule has 16 heteroatoms. The van der Waals surface area contributed by atoms with E-state index in [1.807, 2.05) is 0 Å². The fourth-order valence-corrected chi connectivity index (χ4v) is 1.55. The van der Waals surface area contributed by atoms with Crippen LogP contribution in [0, 0.1) is 0 Å². The van der Waals surface area contributed by atoms with Gasteiger partial charge in [0.05, 0.1) is 0 Å². The second-order valence-electron chi connectivity index (χ2n) is 4.25. The maximum absolute atomic E-state index is 13.0. The van der Waals surface area contributed by atoms with Crippen LogP contribution in [0.2, 0.25) is 0 Å². The Morgan fingerprint density at radius 2 is 0.960 bits per heavy atom. The van der Waals surface area contributed by atoms with E-state index in [0.29, 0.717) is 22.6 Å². The number of hydrogen-bond donors (Lipinski definition) is 0. The molecule has 0 rings (SSSR count). The van der Waals surface area contributed by atoms with Crippen LogP contribution >= 0.6 is 22.6 Å². The van der Waals surface area contributed by atoms with Crippen molar-refractivity contribution in [1.82, 2.24) is 0 Å². The summed E-state index contributed by atoms with van der Waals surface area (Å²) in [7, 11) is 0. The number of alkyl halides is 14. The first-order chi connectivity index (χ1) is 10.7. The van der Waals surface area contributed by atoms with Gasteiger partial charge in [0.1, 0.15) is 0 Å². The quantitative estimate of drug-likeness (QED) is 0.272. The zero-order valence-electron chi connectivity index (χ0n) is 10.7. The maximum Gasteiger partial charge on any atom is 0.385 e. The van der Waals surface area contributed by atoms with Gasteiger partial charge in [-0.05, 0) is 22.6 Å². The van der Waals surface area contributed by atoms with Crippen LogP contribution in [0.3, 0.4) is 0 Å². The van der Waals surface area contributed by atoms with Crippen molar-refractivity contribution >= 4 is 22.6 Å². The van der Waals surface area contributed by atoms with E-state index >= 15 is 0 Å². The van der Waals surface area contributed by atoms with Crippen molar-refractivity contribution in [2.45, 2.75) is 42.0 Å². The van der Waals surface area contributed by atoms with E-state index in [9.17, 15) is 65.9 Å². The van der Waals surface area contributed by atoms with Crippen molar-refractivity contribution in [1.29, 1.82) is 0 Å². The van der Waals surface area contributed by atoms with Crippen LogP contribution in [0.4, 0.5) is 65.9 Å². The number of halogens is 16. The monoisotopic (exact) mass is 522 g/mol. The number of rotatable bonds is 7. The zero-order chi connectivity index (χ0) is 20.9. The predicted octanol–water partition coefficient (Wildman–Crippen LogP) is 6.31. The van der Waals surface area contributed by atoms with Crippen LogP contribution in [0.15, 0.2) is 9.91 Å². The van der Waals surface area contributed by atoms with E-state index in [0.717, 1.165) is 0 Å². The molecule has 0 aliphatic carbocycles. The summed E-state index contributed by atoms with van der Waals surface area (Å²) in [4.78, 5) is 0. The van der Waals surface area contributed by atoms with Crippen LogP contribution < -0.4 is 0 Å². The number of allylic oxidation sites excluding steroid dienone is 1. The van der Waals surface area contributed by atoms with Crippen molar-refractivity contribution in [2.75, 3.05) is 0 Å². The first-order valence-electron chi connectivity index (χ1n) is 5.19. The van der Waals surface area contributed by atoms with Gasteiger partial charge in [-0.1, -0.05) is 0 Å². The lowest BCUT2D eigenvalue weighted by atomic mass is 9.91. The fourth-order valence-electron chi connectivity index (χ4n) is 1.16. The molecule has 0 aliphatic rings. The molecule has 0 unspecified atom stereocenters. The zero-order valence-corrected chi connectivity index (χ0v) is 12.9. The second kappa shape index (κ2) is 6.54. The van der Waals surface area contributed by atoms with Crippen molar-refractivity contribution in [3.8, 4) is 0 Å². The van der Waals surface area contributed by atoms with Gasteiger partial charge >= 0.3 is 42.0 Å². The third-order valence-electron chi connectivity index (χ3n) is 2.67. The van der Waals surface area contributed by atoms with Crippen LogP contribution in [0.5, 0.6) is 0 Å². The second-order valence-corrected chi connectivity index (χ2v) is 4.88. The van der Waals surface area contributed by atoms with E-state index < -0.39 is 51.9 Å². The minimum Gasteiger partial charge on any atom is -0.204 e. The van der Waals surface area contributed by atoms with Gasteiger partial charge in [0.15, 0.2) is 5.83 Å². The van der Waals surface area contributed by atoms with E-state index in [1.54, 1.807) is 0 Å². The summed E-state index contributed by atoms with van der Waals surface area (Å²) in [5, 5.41) is 0. The van der Waals surface area contributed by atoms with Gasteiger partial charge in [0, 0.05) is 4.08 Å². The molecule has 0 aromatic rings. The average molecular weight is 522 g/mol. The topological polar surface area (TPSA) is 0 Å². The fraction of sp³-hybridized carbons (Fsp3) is 0.778. The van der Waals surface area contributed by atoms with Crippen molar-refractivity contribution in [3.05, 3.63) is 9.91 Å². The van der Waals surface area contributed by atoms with Crippen molar-refractivity contribution in [2.24, 2.45) is 0 Å². The first kappa shape index (κ1) is 24.4. The minimum atomic E-state index is -8.14. The molecule has 0 N–H and O–H groups in total. The third-order valence-corrected chi connectivity index (χ3v) is 3.21. The minimum absolute atomic E-state index is 0.415. The highest BCUT2D eigenvalue weighted by atomic mass is 127. The van der Waals surface area contributed by atoms with Gasteiger partial charge in [-0.3, -0.25) is 0 Å². The molecule has 0 spiro atoms. The summed E-state index contributed by atoms with van der Waals surface area (Å²) in [6, 6.07) is 0. The summed E-state index contributed by atoms with van der Waals surface area (Å²) in [6.45, 7) is 0. The van der Waals surface area contributed by atoms with E-state index in [-0.39, 0.29) is 0 Å². The van der Waals surface area contributed by atoms with Gasteiger partial charge in [0.25, 0.3) is 0 Å². The molecule has 0 amide bonds. The van der Waals surface area contributed by atoms with Gasteiger partial charge in [0.2, 0.25) is 0 Å². The third kappa shape index (κ3) is 3.15. The predicted molar refractivity (Wildman–Crippen MR) is 58.9 cm³/mol. The molecule has 0 atom stereocenters. The molecule has 0 aliphatic heterocycles. The van der Waals surface area contributed by atoms with Crippen LogP contribution in [0.25, 0.3) is 0 Å². The summed E-state index contributed by atoms with van der Waals surface area (Å²) >= 11 is 0.415. The Bertz CT molecular complexity index is 519. The lowest BCUT2D eigenvalue weighted by Gasteiger charge is -2.40. The molecular weight excluding hydrogens is 520 g/mol. The van der Waals surface area contributed by atoms with Gasteiger partial charge in [-0.2, -0.15) is 52.7 Å². The van der Waals surface area contributed by atoms with Gasteiger partial charge in [-0.25, -0.2) is 13.2 Å². The Morgan fingerprint density at radius 3 is 1.24 bits per heavy atom. The molecule has 0 aromatic carbocycles. The Kier molecular flexibility index (Phi) is 6.39. The van der Waals surface area contributed by atoms with Crippen LogP contribution in [-0.2, 0) is 0 Å². The molecule has 0 bridgehead atoms. The molecule has 150 valence electrons. The highest BCUT2D eigenvalue weighted by Crippen LogP contribution is 2.61. The van der Waals surface area contributed by atoms with Crippen molar-refractivity contribution < 1.29 is 65.9 Å². The van der Waals surface area contributed by atoms with Gasteiger partial charge < -0.3 is 0 Å². The van der Waals surface area contributed by atoms with E-state index in [1.165, 1.54) is 0 Å². The molecule has 0 aromatic heterocycles. The van der Waals surface area contributed by atoms with Gasteiger partial charge in [-0.15, -0.1) is 0 Å². The molecule has 0 saturated carbocycles. The molecule has 0 saturated heterocycles. The molecular formula is C9H2F15I. The lowest BCUT2D eigenvalue weighted by Crippen LogP contribution is -2.71. The maximum atomic E-state index is 13.0. The summed E-state index contributed by atoms with van der Waals surface area (Å²) in [5.41, 5.74) is 0. The molecule has 0 nitrogen and oxygen atoms in total. The Morgan fingerprint density at radius 1 is 0.640 bits per heavy atom. The highest BCUT2D eigenvalue weighted by Gasteiger charge is 2.91. The smallest absolute Gasteiger partial charge is 0.204 e. The molecule has 25 heavy (non-hydrogen) atoms. The standard InChI is InChI=1S/C9H2F15I/c10-2(1-25)4(13,14)6(17,18)8(21,22)9(23,24)7(19,20)5(15,16)3(11)12/h1,3H/b2-1-. The summed E-state index contributed by atoms with van der Waals surface area (Å²) in [5.74, 6) is -49.5. The Labute approximate surface area is 141 Å². The first-order valence-corrected chi connectivity index (χ1v) is 6.43. The summed E-state index contributed by atoms with van der Waals surface area (Å²) in [6.07, 6.45) is -5.76. The highest BCUT2D eigenvalue weighted by molar-refractivity contribution is 14.1. The average Bonchev–Trinajstić information content (AvgIpc) is 2.44. The van der Waals surface area contributed by atoms with Crippen LogP contribution in [-0.4, -0.2) is 42.0 Å². The van der Waals surface area contributed by atoms with E-state index in [4.69, 9.17) is 0 Å². The Balaban J connectivity index is 6.49. The lowest BCUT2D eigenvalue weighted by molar-refractivity contribution is -0.430. The molecule has 0 heterocycles. The van der Waals surface area contributed by atoms with Crippen molar-refractivity contribution in [3.63, 3.8) is 0 Å². The van der Waals surface area contributed by atoms with E-state index in [2.05, 4.69) is 0 Å². The Hall–Kier alpha value is -0.580. The molecule has 0 fully saturated rings. The largest absolute Gasteiger partial charge is 0.385 e. The molecule has 0 radical (unpaired) electrons. The summed E-state index contributed by atoms with van der Waals surface area (Å²) < 4.78 is 189. The normalized spacial score (nSPS) is 16.6. The number of hydrogen-bond acceptors (Lipinski definition) is 0. The SMILES string of the molecule is F/C(=C\I)C(F)(F)C(F)(F)C(F)(F)C(F)(F)C(F)(F)C(F)(F)C(F)F.